The molecule has 0 aliphatic rings. The summed E-state index contributed by atoms with van der Waals surface area (Å²) >= 11 is 0. The third-order valence-corrected chi connectivity index (χ3v) is 2.63. The van der Waals surface area contributed by atoms with Crippen molar-refractivity contribution < 1.29 is 4.74 Å². The molecule has 0 spiro atoms. The molecule has 1 rings (SSSR count). The van der Waals surface area contributed by atoms with Crippen molar-refractivity contribution in [2.24, 2.45) is 0 Å². The highest BCUT2D eigenvalue weighted by Gasteiger charge is 2.05. The van der Waals surface area contributed by atoms with E-state index in [0.29, 0.717) is 17.9 Å². The van der Waals surface area contributed by atoms with Crippen LogP contribution >= 0.6 is 0 Å². The summed E-state index contributed by atoms with van der Waals surface area (Å²) in [5, 5.41) is 6.04. The molecular weight excluding hydrogens is 232 g/mol. The van der Waals surface area contributed by atoms with Crippen LogP contribution in [0, 0.1) is 0 Å². The largest absolute Gasteiger partial charge is 0.467 e. The van der Waals surface area contributed by atoms with Crippen LogP contribution in [0.4, 0.5) is 11.9 Å². The van der Waals surface area contributed by atoms with Crippen molar-refractivity contribution in [2.75, 3.05) is 51.0 Å². The van der Waals surface area contributed by atoms with Crippen molar-refractivity contribution in [1.29, 1.82) is 0 Å². The van der Waals surface area contributed by atoms with Crippen LogP contribution in [0.1, 0.15) is 13.8 Å². The molecule has 1 aromatic rings. The first-order valence-corrected chi connectivity index (χ1v) is 6.17. The Morgan fingerprint density at radius 1 is 1.11 bits per heavy atom. The minimum Gasteiger partial charge on any atom is -0.467 e. The lowest BCUT2D eigenvalue weighted by molar-refractivity contribution is 0.315. The van der Waals surface area contributed by atoms with Crippen molar-refractivity contribution in [3.05, 3.63) is 0 Å². The summed E-state index contributed by atoms with van der Waals surface area (Å²) in [6.45, 7) is 8.12. The van der Waals surface area contributed by atoms with Crippen LogP contribution in [0.5, 0.6) is 6.01 Å². The molecule has 0 saturated carbocycles. The van der Waals surface area contributed by atoms with Crippen LogP contribution in [-0.2, 0) is 0 Å². The number of anilines is 2. The molecule has 0 unspecified atom stereocenters. The van der Waals surface area contributed by atoms with Gasteiger partial charge in [0.2, 0.25) is 11.9 Å². The minimum atomic E-state index is 0.305. The number of nitrogens with zero attached hydrogens (tertiary/aromatic N) is 4. The highest BCUT2D eigenvalue weighted by molar-refractivity contribution is 5.35. The van der Waals surface area contributed by atoms with Gasteiger partial charge in [-0.05, 0) is 13.1 Å². The summed E-state index contributed by atoms with van der Waals surface area (Å²) in [6.07, 6.45) is 0. The first-order valence-electron chi connectivity index (χ1n) is 6.17. The van der Waals surface area contributed by atoms with E-state index in [1.54, 1.807) is 7.05 Å². The van der Waals surface area contributed by atoms with Crippen LogP contribution in [0.2, 0.25) is 0 Å². The van der Waals surface area contributed by atoms with Gasteiger partial charge in [-0.25, -0.2) is 0 Å². The van der Waals surface area contributed by atoms with Gasteiger partial charge >= 0.3 is 6.01 Å². The van der Waals surface area contributed by atoms with E-state index in [2.05, 4.69) is 44.3 Å². The van der Waals surface area contributed by atoms with Crippen molar-refractivity contribution in [3.8, 4) is 6.01 Å². The molecule has 1 aromatic heterocycles. The Morgan fingerprint density at radius 3 is 2.33 bits per heavy atom. The fourth-order valence-electron chi connectivity index (χ4n) is 1.50. The number of hydrogen-bond acceptors (Lipinski definition) is 7. The molecule has 0 radical (unpaired) electrons. The minimum absolute atomic E-state index is 0.305. The van der Waals surface area contributed by atoms with E-state index in [-0.39, 0.29) is 0 Å². The lowest BCUT2D eigenvalue weighted by Gasteiger charge is -2.18. The normalized spacial score (nSPS) is 10.5. The van der Waals surface area contributed by atoms with Gasteiger partial charge in [0.25, 0.3) is 0 Å². The van der Waals surface area contributed by atoms with E-state index >= 15 is 0 Å². The summed E-state index contributed by atoms with van der Waals surface area (Å²) in [4.78, 5) is 14.7. The topological polar surface area (TPSA) is 75.2 Å². The fourth-order valence-corrected chi connectivity index (χ4v) is 1.50. The SMILES string of the molecule is CCN(CC)CCNc1nc(NC)nc(OC)n1. The Labute approximate surface area is 108 Å². The highest BCUT2D eigenvalue weighted by Crippen LogP contribution is 2.09. The van der Waals surface area contributed by atoms with Gasteiger partial charge in [-0.3, -0.25) is 0 Å². The second kappa shape index (κ2) is 7.65. The van der Waals surface area contributed by atoms with Gasteiger partial charge < -0.3 is 20.3 Å². The second-order valence-corrected chi connectivity index (χ2v) is 3.67. The van der Waals surface area contributed by atoms with Gasteiger partial charge in [-0.1, -0.05) is 13.8 Å². The lowest BCUT2D eigenvalue weighted by Crippen LogP contribution is -2.29. The number of aromatic nitrogens is 3. The predicted molar refractivity (Wildman–Crippen MR) is 72.2 cm³/mol. The summed E-state index contributed by atoms with van der Waals surface area (Å²) in [5.41, 5.74) is 0. The average Bonchev–Trinajstić information content (AvgIpc) is 2.43. The van der Waals surface area contributed by atoms with Crippen molar-refractivity contribution in [2.45, 2.75) is 13.8 Å². The molecule has 0 amide bonds. The van der Waals surface area contributed by atoms with E-state index in [9.17, 15) is 0 Å². The molecule has 1 heterocycles. The monoisotopic (exact) mass is 254 g/mol. The predicted octanol–water partition coefficient (Wildman–Crippen LogP) is 0.676. The molecule has 0 bridgehead atoms. The van der Waals surface area contributed by atoms with Gasteiger partial charge in [0, 0.05) is 20.1 Å². The standard InChI is InChI=1S/C11H22N6O/c1-5-17(6-2)8-7-13-10-14-9(12-3)15-11(16-10)18-4/h5-8H2,1-4H3,(H2,12,13,14,15,16). The van der Waals surface area contributed by atoms with Crippen LogP contribution in [0.3, 0.4) is 0 Å². The second-order valence-electron chi connectivity index (χ2n) is 3.67. The Morgan fingerprint density at radius 2 is 1.78 bits per heavy atom. The molecule has 0 aromatic carbocycles. The summed E-state index contributed by atoms with van der Waals surface area (Å²) in [5.74, 6) is 1.02. The maximum Gasteiger partial charge on any atom is 0.322 e. The molecule has 18 heavy (non-hydrogen) atoms. The van der Waals surface area contributed by atoms with Gasteiger partial charge in [0.1, 0.15) is 0 Å². The van der Waals surface area contributed by atoms with E-state index in [4.69, 9.17) is 4.74 Å². The zero-order valence-corrected chi connectivity index (χ0v) is 11.5. The molecule has 0 atom stereocenters. The van der Waals surface area contributed by atoms with E-state index < -0.39 is 0 Å². The molecule has 0 aliphatic heterocycles. The summed E-state index contributed by atoms with van der Waals surface area (Å²) in [7, 11) is 3.29. The van der Waals surface area contributed by atoms with Gasteiger partial charge in [-0.2, -0.15) is 15.0 Å². The number of ether oxygens (including phenoxy) is 1. The number of methoxy groups -OCH3 is 1. The van der Waals surface area contributed by atoms with Crippen molar-refractivity contribution in [3.63, 3.8) is 0 Å². The van der Waals surface area contributed by atoms with Gasteiger partial charge in [0.15, 0.2) is 0 Å². The number of hydrogen-bond donors (Lipinski definition) is 2. The first-order chi connectivity index (χ1) is 8.73. The van der Waals surface area contributed by atoms with Gasteiger partial charge in [0.05, 0.1) is 7.11 Å². The van der Waals surface area contributed by atoms with E-state index in [1.165, 1.54) is 7.11 Å². The fraction of sp³-hybridized carbons (Fsp3) is 0.727. The lowest BCUT2D eigenvalue weighted by atomic mass is 10.4. The number of rotatable bonds is 8. The molecule has 0 fully saturated rings. The highest BCUT2D eigenvalue weighted by atomic mass is 16.5. The molecule has 0 aliphatic carbocycles. The molecule has 102 valence electrons. The Bertz CT molecular complexity index is 333. The van der Waals surface area contributed by atoms with Crippen LogP contribution in [0.15, 0.2) is 0 Å². The molecular formula is C11H22N6O. The first kappa shape index (κ1) is 14.4. The van der Waals surface area contributed by atoms with Crippen LogP contribution in [0.25, 0.3) is 0 Å². The maximum atomic E-state index is 5.01. The third kappa shape index (κ3) is 4.33. The maximum absolute atomic E-state index is 5.01. The Balaban J connectivity index is 2.55. The summed E-state index contributed by atoms with van der Waals surface area (Å²) in [6, 6.07) is 0.305. The third-order valence-electron chi connectivity index (χ3n) is 2.63. The van der Waals surface area contributed by atoms with Crippen molar-refractivity contribution >= 4 is 11.9 Å². The van der Waals surface area contributed by atoms with Gasteiger partial charge in [-0.15, -0.1) is 0 Å². The summed E-state index contributed by atoms with van der Waals surface area (Å²) < 4.78 is 5.01. The van der Waals surface area contributed by atoms with E-state index in [0.717, 1.165) is 26.2 Å². The van der Waals surface area contributed by atoms with Crippen LogP contribution in [-0.4, -0.2) is 60.2 Å². The Kier molecular flexibility index (Phi) is 6.13. The molecule has 2 N–H and O–H groups in total. The molecule has 7 heteroatoms. The smallest absolute Gasteiger partial charge is 0.322 e. The molecule has 0 saturated heterocycles. The average molecular weight is 254 g/mol. The van der Waals surface area contributed by atoms with E-state index in [1.807, 2.05) is 0 Å². The number of nitrogens with one attached hydrogen (secondary N) is 2. The molecule has 7 nitrogen and oxygen atoms in total. The zero-order valence-electron chi connectivity index (χ0n) is 11.5. The van der Waals surface area contributed by atoms with Crippen LogP contribution < -0.4 is 15.4 Å². The Hall–Kier alpha value is -1.63. The quantitative estimate of drug-likeness (QED) is 0.706. The zero-order chi connectivity index (χ0) is 13.4. The number of likely N-dealkylation sites (N-methyl/N-ethyl adjacent to an activating group) is 1. The van der Waals surface area contributed by atoms with Crippen molar-refractivity contribution in [1.82, 2.24) is 19.9 Å².